The van der Waals surface area contributed by atoms with E-state index in [-0.39, 0.29) is 5.75 Å². The summed E-state index contributed by atoms with van der Waals surface area (Å²) in [7, 11) is -3.13. The van der Waals surface area contributed by atoms with E-state index < -0.39 is 15.3 Å². The van der Waals surface area contributed by atoms with E-state index in [4.69, 9.17) is 4.74 Å². The molecule has 0 N–H and O–H groups in total. The lowest BCUT2D eigenvalue weighted by molar-refractivity contribution is 0.251. The number of hydrogen-bond donors (Lipinski definition) is 0. The molecule has 6 heteroatoms. The first-order valence-electron chi connectivity index (χ1n) is 7.08. The minimum absolute atomic E-state index is 0.218. The Bertz CT molecular complexity index is 695. The van der Waals surface area contributed by atoms with Gasteiger partial charge in [-0.15, -0.1) is 0 Å². The van der Waals surface area contributed by atoms with Crippen molar-refractivity contribution in [2.45, 2.75) is 31.2 Å². The number of sulfone groups is 1. The molecule has 3 rings (SSSR count). The minimum Gasteiger partial charge on any atom is -0.471 e. The molecule has 0 spiro atoms. The Kier molecular flexibility index (Phi) is 3.96. The smallest absolute Gasteiger partial charge is 0.199 e. The Morgan fingerprint density at radius 1 is 1.24 bits per heavy atom. The van der Waals surface area contributed by atoms with Crippen molar-refractivity contribution in [2.75, 3.05) is 5.75 Å². The van der Waals surface area contributed by atoms with Crippen LogP contribution in [0.5, 0.6) is 5.75 Å². The maximum absolute atomic E-state index is 11.9. The van der Waals surface area contributed by atoms with Gasteiger partial charge in [-0.1, -0.05) is 30.3 Å². The highest BCUT2D eigenvalue weighted by Crippen LogP contribution is 2.23. The molecule has 1 saturated heterocycles. The lowest BCUT2D eigenvalue weighted by Crippen LogP contribution is -2.33. The van der Waals surface area contributed by atoms with Gasteiger partial charge in [-0.25, -0.2) is 8.42 Å². The van der Waals surface area contributed by atoms with E-state index in [0.717, 1.165) is 18.4 Å². The summed E-state index contributed by atoms with van der Waals surface area (Å²) < 4.78 is 31.2. The fourth-order valence-electron chi connectivity index (χ4n) is 2.47. The maximum atomic E-state index is 11.9. The first-order chi connectivity index (χ1) is 10.1. The van der Waals surface area contributed by atoms with E-state index in [2.05, 4.69) is 5.10 Å². The highest BCUT2D eigenvalue weighted by molar-refractivity contribution is 7.91. The zero-order valence-electron chi connectivity index (χ0n) is 11.7. The Labute approximate surface area is 124 Å². The van der Waals surface area contributed by atoms with Crippen LogP contribution in [-0.4, -0.2) is 29.4 Å². The van der Waals surface area contributed by atoms with Crippen molar-refractivity contribution in [3.05, 3.63) is 48.3 Å². The zero-order chi connectivity index (χ0) is 14.7. The summed E-state index contributed by atoms with van der Waals surface area (Å²) in [5.41, 5.74) is 0.415. The molecule has 1 aromatic carbocycles. The highest BCUT2D eigenvalue weighted by Gasteiger charge is 2.30. The molecule has 1 unspecified atom stereocenters. The number of rotatable bonds is 4. The number of hydrogen-bond acceptors (Lipinski definition) is 4. The predicted molar refractivity (Wildman–Crippen MR) is 79.8 cm³/mol. The summed E-state index contributed by atoms with van der Waals surface area (Å²) in [4.78, 5) is 0. The van der Waals surface area contributed by atoms with Crippen LogP contribution in [0.3, 0.4) is 0 Å². The number of aromatic nitrogens is 2. The molecule has 2 heterocycles. The van der Waals surface area contributed by atoms with E-state index in [0.29, 0.717) is 18.7 Å². The second kappa shape index (κ2) is 5.89. The maximum Gasteiger partial charge on any atom is 0.199 e. The average Bonchev–Trinajstić information content (AvgIpc) is 2.90. The van der Waals surface area contributed by atoms with Gasteiger partial charge in [0.1, 0.15) is 0 Å². The SMILES string of the molecule is O=S1(=O)CCCCC1Oc1cnn(Cc2ccccc2)c1. The first-order valence-corrected chi connectivity index (χ1v) is 8.80. The van der Waals surface area contributed by atoms with Crippen LogP contribution in [0.25, 0.3) is 0 Å². The normalized spacial score (nSPS) is 21.0. The van der Waals surface area contributed by atoms with Crippen molar-refractivity contribution >= 4 is 9.84 Å². The molecule has 5 nitrogen and oxygen atoms in total. The molecule has 0 saturated carbocycles. The Morgan fingerprint density at radius 3 is 2.81 bits per heavy atom. The summed E-state index contributed by atoms with van der Waals surface area (Å²) >= 11 is 0. The summed E-state index contributed by atoms with van der Waals surface area (Å²) in [6.07, 6.45) is 5.51. The molecule has 1 atom stereocenters. The third-order valence-corrected chi connectivity index (χ3v) is 5.57. The van der Waals surface area contributed by atoms with Gasteiger partial charge in [0.2, 0.25) is 0 Å². The molecule has 2 aromatic rings. The van der Waals surface area contributed by atoms with E-state index in [1.165, 1.54) is 0 Å². The van der Waals surface area contributed by atoms with Crippen LogP contribution < -0.4 is 4.74 Å². The van der Waals surface area contributed by atoms with Crippen LogP contribution in [0.4, 0.5) is 0 Å². The molecular weight excluding hydrogens is 288 g/mol. The van der Waals surface area contributed by atoms with E-state index in [9.17, 15) is 8.42 Å². The molecule has 0 radical (unpaired) electrons. The van der Waals surface area contributed by atoms with Gasteiger partial charge in [0.05, 0.1) is 24.7 Å². The molecule has 1 aliphatic heterocycles. The first kappa shape index (κ1) is 14.1. The van der Waals surface area contributed by atoms with Gasteiger partial charge in [-0.3, -0.25) is 4.68 Å². The van der Waals surface area contributed by atoms with Crippen molar-refractivity contribution in [1.29, 1.82) is 0 Å². The monoisotopic (exact) mass is 306 g/mol. The molecule has 0 amide bonds. The molecule has 1 aromatic heterocycles. The standard InChI is InChI=1S/C15H18N2O3S/c18-21(19)9-5-4-8-15(21)20-14-10-16-17(12-14)11-13-6-2-1-3-7-13/h1-3,6-7,10,12,15H,4-5,8-9,11H2. The van der Waals surface area contributed by atoms with E-state index >= 15 is 0 Å². The van der Waals surface area contributed by atoms with Gasteiger partial charge < -0.3 is 4.74 Å². The molecule has 21 heavy (non-hydrogen) atoms. The minimum atomic E-state index is -3.13. The van der Waals surface area contributed by atoms with Gasteiger partial charge in [0.25, 0.3) is 0 Å². The summed E-state index contributed by atoms with van der Waals surface area (Å²) in [5, 5.41) is 4.22. The van der Waals surface area contributed by atoms with Gasteiger partial charge >= 0.3 is 0 Å². The Hall–Kier alpha value is -1.82. The Morgan fingerprint density at radius 2 is 2.05 bits per heavy atom. The van der Waals surface area contributed by atoms with Crippen LogP contribution in [0, 0.1) is 0 Å². The third-order valence-electron chi connectivity index (χ3n) is 3.58. The van der Waals surface area contributed by atoms with Crippen molar-refractivity contribution < 1.29 is 13.2 Å². The van der Waals surface area contributed by atoms with Crippen LogP contribution in [0.1, 0.15) is 24.8 Å². The fourth-order valence-corrected chi connectivity index (χ4v) is 4.12. The van der Waals surface area contributed by atoms with Crippen molar-refractivity contribution in [3.8, 4) is 5.75 Å². The van der Waals surface area contributed by atoms with E-state index in [1.54, 1.807) is 17.1 Å². The van der Waals surface area contributed by atoms with Crippen LogP contribution in [0.2, 0.25) is 0 Å². The highest BCUT2D eigenvalue weighted by atomic mass is 32.2. The van der Waals surface area contributed by atoms with Gasteiger partial charge in [-0.2, -0.15) is 5.10 Å². The predicted octanol–water partition coefficient (Wildman–Crippen LogP) is 2.24. The van der Waals surface area contributed by atoms with Gasteiger partial charge in [0.15, 0.2) is 21.0 Å². The molecule has 112 valence electrons. The fraction of sp³-hybridized carbons (Fsp3) is 0.400. The molecule has 1 fully saturated rings. The number of benzene rings is 1. The average molecular weight is 306 g/mol. The second-order valence-corrected chi connectivity index (χ2v) is 7.53. The lowest BCUT2D eigenvalue weighted by Gasteiger charge is -2.22. The molecular formula is C15H18N2O3S. The van der Waals surface area contributed by atoms with Crippen molar-refractivity contribution in [3.63, 3.8) is 0 Å². The largest absolute Gasteiger partial charge is 0.471 e. The summed E-state index contributed by atoms with van der Waals surface area (Å²) in [6.45, 7) is 0.640. The summed E-state index contributed by atoms with van der Waals surface area (Å²) in [6, 6.07) is 9.96. The molecule has 1 aliphatic rings. The Balaban J connectivity index is 1.68. The topological polar surface area (TPSA) is 61.2 Å². The quantitative estimate of drug-likeness (QED) is 0.869. The van der Waals surface area contributed by atoms with Gasteiger partial charge in [-0.05, 0) is 24.8 Å². The van der Waals surface area contributed by atoms with E-state index in [1.807, 2.05) is 30.3 Å². The number of nitrogens with zero attached hydrogens (tertiary/aromatic N) is 2. The zero-order valence-corrected chi connectivity index (χ0v) is 12.5. The molecule has 0 bridgehead atoms. The second-order valence-electron chi connectivity index (χ2n) is 5.27. The lowest BCUT2D eigenvalue weighted by atomic mass is 10.2. The van der Waals surface area contributed by atoms with Crippen molar-refractivity contribution in [2.24, 2.45) is 0 Å². The number of ether oxygens (including phenoxy) is 1. The third kappa shape index (κ3) is 3.44. The van der Waals surface area contributed by atoms with Crippen LogP contribution in [-0.2, 0) is 16.4 Å². The van der Waals surface area contributed by atoms with Crippen molar-refractivity contribution in [1.82, 2.24) is 9.78 Å². The van der Waals surface area contributed by atoms with Crippen LogP contribution >= 0.6 is 0 Å². The van der Waals surface area contributed by atoms with Gasteiger partial charge in [0, 0.05) is 0 Å². The van der Waals surface area contributed by atoms with Crippen LogP contribution in [0.15, 0.2) is 42.7 Å². The molecule has 0 aliphatic carbocycles. The summed E-state index contributed by atoms with van der Waals surface area (Å²) in [5.74, 6) is 0.733.